The topological polar surface area (TPSA) is 3.24 Å². The van der Waals surface area contributed by atoms with Crippen LogP contribution in [0.25, 0.3) is 0 Å². The van der Waals surface area contributed by atoms with E-state index in [1.54, 1.807) is 0 Å². The number of hydrogen-bond acceptors (Lipinski definition) is 1. The molecule has 0 N–H and O–H groups in total. The molecule has 0 saturated carbocycles. The molecule has 0 aliphatic carbocycles. The van der Waals surface area contributed by atoms with Crippen molar-refractivity contribution in [1.82, 2.24) is 0 Å². The van der Waals surface area contributed by atoms with Crippen LogP contribution in [0.1, 0.15) is 11.1 Å². The van der Waals surface area contributed by atoms with Crippen molar-refractivity contribution in [2.45, 2.75) is 13.8 Å². The molecule has 3 heteroatoms. The Morgan fingerprint density at radius 1 is 0.652 bits per heavy atom. The predicted molar refractivity (Wildman–Crippen MR) is 101 cm³/mol. The second kappa shape index (κ2) is 6.66. The number of anilines is 3. The van der Waals surface area contributed by atoms with Gasteiger partial charge in [0, 0.05) is 27.1 Å². The minimum absolute atomic E-state index is 0.728. The number of aryl methyl sites for hydroxylation is 1. The molecule has 0 bridgehead atoms. The highest BCUT2D eigenvalue weighted by atomic mass is 35.5. The average Bonchev–Trinajstić information content (AvgIpc) is 2.55. The molecule has 0 aromatic heterocycles. The summed E-state index contributed by atoms with van der Waals surface area (Å²) in [4.78, 5) is 2.22. The van der Waals surface area contributed by atoms with E-state index in [0.29, 0.717) is 0 Å². The van der Waals surface area contributed by atoms with Gasteiger partial charge < -0.3 is 4.90 Å². The number of benzene rings is 3. The molecule has 1 nitrogen and oxygen atoms in total. The molecule has 0 fully saturated rings. The zero-order valence-electron chi connectivity index (χ0n) is 13.1. The van der Waals surface area contributed by atoms with E-state index in [1.807, 2.05) is 48.5 Å². The molecule has 0 heterocycles. The monoisotopic (exact) mass is 341 g/mol. The lowest BCUT2D eigenvalue weighted by molar-refractivity contribution is 1.22. The maximum Gasteiger partial charge on any atom is 0.0493 e. The summed E-state index contributed by atoms with van der Waals surface area (Å²) in [6.45, 7) is 4.27. The number of hydrogen-bond donors (Lipinski definition) is 0. The quantitative estimate of drug-likeness (QED) is 0.491. The molecule has 0 unspecified atom stereocenters. The third kappa shape index (κ3) is 3.36. The number of nitrogens with zero attached hydrogens (tertiary/aromatic N) is 1. The van der Waals surface area contributed by atoms with Gasteiger partial charge in [0.15, 0.2) is 0 Å². The standard InChI is InChI=1S/C20H17Cl2N/c1-14-4-3-5-20(15(14)2)23(18-10-6-16(21)7-11-18)19-12-8-17(22)9-13-19/h3-13H,1-2H3. The van der Waals surface area contributed by atoms with E-state index in [0.717, 1.165) is 27.1 Å². The van der Waals surface area contributed by atoms with E-state index in [2.05, 4.69) is 36.9 Å². The molecule has 23 heavy (non-hydrogen) atoms. The van der Waals surface area contributed by atoms with E-state index in [4.69, 9.17) is 23.2 Å². The molecule has 0 aliphatic heterocycles. The zero-order valence-corrected chi connectivity index (χ0v) is 14.6. The number of rotatable bonds is 3. The smallest absolute Gasteiger partial charge is 0.0493 e. The van der Waals surface area contributed by atoms with Crippen LogP contribution in [0.4, 0.5) is 17.1 Å². The van der Waals surface area contributed by atoms with Crippen LogP contribution in [-0.2, 0) is 0 Å². The molecule has 3 rings (SSSR count). The highest BCUT2D eigenvalue weighted by molar-refractivity contribution is 6.31. The van der Waals surface area contributed by atoms with Crippen molar-refractivity contribution >= 4 is 40.3 Å². The summed E-state index contributed by atoms with van der Waals surface area (Å²) in [5.74, 6) is 0. The zero-order chi connectivity index (χ0) is 16.4. The van der Waals surface area contributed by atoms with E-state index >= 15 is 0 Å². The van der Waals surface area contributed by atoms with Crippen LogP contribution in [0.15, 0.2) is 66.7 Å². The second-order valence-corrected chi connectivity index (χ2v) is 6.38. The van der Waals surface area contributed by atoms with Gasteiger partial charge in [-0.1, -0.05) is 35.3 Å². The van der Waals surface area contributed by atoms with Crippen LogP contribution < -0.4 is 4.90 Å². The van der Waals surface area contributed by atoms with Gasteiger partial charge in [-0.05, 0) is 79.6 Å². The summed E-state index contributed by atoms with van der Waals surface area (Å²) in [5, 5.41) is 1.46. The third-order valence-electron chi connectivity index (χ3n) is 3.99. The van der Waals surface area contributed by atoms with E-state index in [9.17, 15) is 0 Å². The van der Waals surface area contributed by atoms with E-state index in [-0.39, 0.29) is 0 Å². The Bertz CT molecular complexity index is 763. The molecule has 0 amide bonds. The van der Waals surface area contributed by atoms with Gasteiger partial charge in [0.05, 0.1) is 0 Å². The second-order valence-electron chi connectivity index (χ2n) is 5.51. The first-order valence-corrected chi connectivity index (χ1v) is 8.19. The predicted octanol–water partition coefficient (Wildman–Crippen LogP) is 7.08. The van der Waals surface area contributed by atoms with Crippen LogP contribution in [0.5, 0.6) is 0 Å². The van der Waals surface area contributed by atoms with Gasteiger partial charge in [-0.3, -0.25) is 0 Å². The van der Waals surface area contributed by atoms with Crippen LogP contribution in [0, 0.1) is 13.8 Å². The molecule has 3 aromatic rings. The van der Waals surface area contributed by atoms with Crippen molar-refractivity contribution in [3.8, 4) is 0 Å². The minimum atomic E-state index is 0.728. The first kappa shape index (κ1) is 15.9. The normalized spacial score (nSPS) is 10.6. The van der Waals surface area contributed by atoms with Gasteiger partial charge in [0.1, 0.15) is 0 Å². The van der Waals surface area contributed by atoms with Gasteiger partial charge in [-0.2, -0.15) is 0 Å². The summed E-state index contributed by atoms with van der Waals surface area (Å²) < 4.78 is 0. The third-order valence-corrected chi connectivity index (χ3v) is 4.49. The lowest BCUT2D eigenvalue weighted by Gasteiger charge is -2.27. The van der Waals surface area contributed by atoms with Gasteiger partial charge in [0.25, 0.3) is 0 Å². The fraction of sp³-hybridized carbons (Fsp3) is 0.100. The summed E-state index contributed by atoms with van der Waals surface area (Å²) in [6, 6.07) is 22.1. The van der Waals surface area contributed by atoms with Crippen molar-refractivity contribution in [3.05, 3.63) is 87.9 Å². The molecular formula is C20H17Cl2N. The highest BCUT2D eigenvalue weighted by Gasteiger charge is 2.15. The Labute approximate surface area is 147 Å². The summed E-state index contributed by atoms with van der Waals surface area (Å²) >= 11 is 12.1. The fourth-order valence-electron chi connectivity index (χ4n) is 2.59. The Balaban J connectivity index is 2.19. The maximum absolute atomic E-state index is 6.05. The van der Waals surface area contributed by atoms with Gasteiger partial charge in [-0.15, -0.1) is 0 Å². The summed E-state index contributed by atoms with van der Waals surface area (Å²) in [6.07, 6.45) is 0. The van der Waals surface area contributed by atoms with Crippen molar-refractivity contribution in [3.63, 3.8) is 0 Å². The van der Waals surface area contributed by atoms with Crippen LogP contribution in [-0.4, -0.2) is 0 Å². The lowest BCUT2D eigenvalue weighted by Crippen LogP contribution is -2.11. The van der Waals surface area contributed by atoms with Gasteiger partial charge >= 0.3 is 0 Å². The molecule has 0 spiro atoms. The van der Waals surface area contributed by atoms with Crippen molar-refractivity contribution < 1.29 is 0 Å². The fourth-order valence-corrected chi connectivity index (χ4v) is 2.84. The Morgan fingerprint density at radius 3 is 1.61 bits per heavy atom. The average molecular weight is 342 g/mol. The largest absolute Gasteiger partial charge is 0.310 e. The van der Waals surface area contributed by atoms with Gasteiger partial charge in [-0.25, -0.2) is 0 Å². The van der Waals surface area contributed by atoms with Crippen molar-refractivity contribution in [2.24, 2.45) is 0 Å². The maximum atomic E-state index is 6.05. The van der Waals surface area contributed by atoms with Gasteiger partial charge in [0.2, 0.25) is 0 Å². The molecule has 0 atom stereocenters. The van der Waals surface area contributed by atoms with Crippen LogP contribution in [0.3, 0.4) is 0 Å². The first-order valence-electron chi connectivity index (χ1n) is 7.44. The van der Waals surface area contributed by atoms with Crippen molar-refractivity contribution in [1.29, 1.82) is 0 Å². The summed E-state index contributed by atoms with van der Waals surface area (Å²) in [7, 11) is 0. The molecule has 0 radical (unpaired) electrons. The van der Waals surface area contributed by atoms with E-state index < -0.39 is 0 Å². The first-order chi connectivity index (χ1) is 11.1. The Morgan fingerprint density at radius 2 is 1.13 bits per heavy atom. The summed E-state index contributed by atoms with van der Waals surface area (Å²) in [5.41, 5.74) is 5.78. The molecule has 3 aromatic carbocycles. The minimum Gasteiger partial charge on any atom is -0.310 e. The van der Waals surface area contributed by atoms with Crippen molar-refractivity contribution in [2.75, 3.05) is 4.90 Å². The molecular weight excluding hydrogens is 325 g/mol. The molecule has 116 valence electrons. The van der Waals surface area contributed by atoms with Crippen LogP contribution >= 0.6 is 23.2 Å². The van der Waals surface area contributed by atoms with Crippen LogP contribution in [0.2, 0.25) is 10.0 Å². The van der Waals surface area contributed by atoms with E-state index in [1.165, 1.54) is 11.1 Å². The highest BCUT2D eigenvalue weighted by Crippen LogP contribution is 2.37. The Hall–Kier alpha value is -1.96. The number of halogens is 2. The molecule has 0 saturated heterocycles. The Kier molecular flexibility index (Phi) is 4.61. The lowest BCUT2D eigenvalue weighted by atomic mass is 10.1. The molecule has 0 aliphatic rings. The SMILES string of the molecule is Cc1cccc(N(c2ccc(Cl)cc2)c2ccc(Cl)cc2)c1C.